The van der Waals surface area contributed by atoms with Crippen LogP contribution in [0.2, 0.25) is 0 Å². The molecular formula is C11H22O8. The van der Waals surface area contributed by atoms with Crippen molar-refractivity contribution in [2.24, 2.45) is 0 Å². The van der Waals surface area contributed by atoms with Crippen LogP contribution >= 0.6 is 0 Å². The van der Waals surface area contributed by atoms with Crippen LogP contribution in [0.1, 0.15) is 0 Å². The lowest BCUT2D eigenvalue weighted by Crippen LogP contribution is -2.14. The molecule has 0 spiro atoms. The number of ether oxygens (including phenoxy) is 4. The lowest BCUT2D eigenvalue weighted by molar-refractivity contribution is -0.277. The monoisotopic (exact) mass is 282 g/mol. The molecule has 0 bridgehead atoms. The van der Waals surface area contributed by atoms with Gasteiger partial charge in [0.05, 0.1) is 53.4 Å². The predicted octanol–water partition coefficient (Wildman–Crippen LogP) is -0.285. The van der Waals surface area contributed by atoms with E-state index in [4.69, 9.17) is 24.1 Å². The highest BCUT2D eigenvalue weighted by atomic mass is 17.2. The van der Waals surface area contributed by atoms with Crippen molar-refractivity contribution in [3.05, 3.63) is 0 Å². The molecule has 0 aliphatic rings. The minimum Gasteiger partial charge on any atom is -0.480 e. The Balaban J connectivity index is 2.93. The SMILES string of the molecule is COOCCOCCOCCOCCOCC(=O)O. The minimum absolute atomic E-state index is 0.259. The van der Waals surface area contributed by atoms with Gasteiger partial charge in [0, 0.05) is 0 Å². The molecule has 0 saturated heterocycles. The van der Waals surface area contributed by atoms with Crippen LogP contribution in [-0.2, 0) is 33.5 Å². The van der Waals surface area contributed by atoms with Gasteiger partial charge in [-0.3, -0.25) is 0 Å². The zero-order chi connectivity index (χ0) is 14.2. The van der Waals surface area contributed by atoms with Crippen LogP contribution < -0.4 is 0 Å². The van der Waals surface area contributed by atoms with Gasteiger partial charge in [0.2, 0.25) is 0 Å². The lowest BCUT2D eigenvalue weighted by Gasteiger charge is -2.06. The Kier molecular flexibility index (Phi) is 14.7. The zero-order valence-electron chi connectivity index (χ0n) is 11.2. The molecule has 8 nitrogen and oxygen atoms in total. The normalized spacial score (nSPS) is 10.8. The Bertz CT molecular complexity index is 199. The molecule has 0 radical (unpaired) electrons. The summed E-state index contributed by atoms with van der Waals surface area (Å²) in [6.07, 6.45) is 0. The number of rotatable bonds is 15. The first kappa shape index (κ1) is 18.2. The van der Waals surface area contributed by atoms with Crippen molar-refractivity contribution in [1.82, 2.24) is 0 Å². The average molecular weight is 282 g/mol. The molecule has 0 atom stereocenters. The molecule has 0 aromatic rings. The second-order valence-electron chi connectivity index (χ2n) is 3.27. The summed E-state index contributed by atoms with van der Waals surface area (Å²) in [4.78, 5) is 19.1. The summed E-state index contributed by atoms with van der Waals surface area (Å²) < 4.78 is 20.3. The molecule has 0 unspecified atom stereocenters. The highest BCUT2D eigenvalue weighted by Gasteiger charge is 1.96. The van der Waals surface area contributed by atoms with Crippen molar-refractivity contribution in [3.63, 3.8) is 0 Å². The van der Waals surface area contributed by atoms with Gasteiger partial charge in [-0.05, 0) is 0 Å². The van der Waals surface area contributed by atoms with E-state index in [1.54, 1.807) is 0 Å². The highest BCUT2D eigenvalue weighted by Crippen LogP contribution is 1.83. The molecular weight excluding hydrogens is 260 g/mol. The third kappa shape index (κ3) is 17.2. The molecule has 0 aliphatic carbocycles. The summed E-state index contributed by atoms with van der Waals surface area (Å²) in [5.41, 5.74) is 0. The third-order valence-corrected chi connectivity index (χ3v) is 1.77. The molecule has 0 fully saturated rings. The lowest BCUT2D eigenvalue weighted by atomic mass is 10.7. The molecule has 1 N–H and O–H groups in total. The first-order chi connectivity index (χ1) is 9.27. The number of hydrogen-bond acceptors (Lipinski definition) is 7. The average Bonchev–Trinajstić information content (AvgIpc) is 2.39. The van der Waals surface area contributed by atoms with Gasteiger partial charge < -0.3 is 24.1 Å². The minimum atomic E-state index is -0.987. The molecule has 0 saturated carbocycles. The third-order valence-electron chi connectivity index (χ3n) is 1.77. The Morgan fingerprint density at radius 3 is 1.63 bits per heavy atom. The number of hydrogen-bond donors (Lipinski definition) is 1. The fraction of sp³-hybridized carbons (Fsp3) is 0.909. The standard InChI is InChI=1S/C11H22O8/c1-14-19-9-8-17-5-4-15-2-3-16-6-7-18-10-11(12)13/h2-10H2,1H3,(H,12,13). The van der Waals surface area contributed by atoms with Crippen LogP contribution in [0.5, 0.6) is 0 Å². The van der Waals surface area contributed by atoms with Gasteiger partial charge in [0.25, 0.3) is 0 Å². The fourth-order valence-electron chi connectivity index (χ4n) is 0.995. The van der Waals surface area contributed by atoms with E-state index in [9.17, 15) is 4.79 Å². The predicted molar refractivity (Wildman–Crippen MR) is 63.9 cm³/mol. The van der Waals surface area contributed by atoms with Crippen LogP contribution in [0, 0.1) is 0 Å². The van der Waals surface area contributed by atoms with Gasteiger partial charge in [-0.15, -0.1) is 0 Å². The largest absolute Gasteiger partial charge is 0.480 e. The van der Waals surface area contributed by atoms with Gasteiger partial charge in [-0.1, -0.05) is 0 Å². The second-order valence-corrected chi connectivity index (χ2v) is 3.27. The van der Waals surface area contributed by atoms with E-state index in [1.165, 1.54) is 7.11 Å². The zero-order valence-corrected chi connectivity index (χ0v) is 11.2. The molecule has 19 heavy (non-hydrogen) atoms. The maximum absolute atomic E-state index is 10.1. The van der Waals surface area contributed by atoms with E-state index in [-0.39, 0.29) is 13.2 Å². The van der Waals surface area contributed by atoms with Crippen LogP contribution in [0.15, 0.2) is 0 Å². The number of aliphatic carboxylic acids is 1. The smallest absolute Gasteiger partial charge is 0.329 e. The van der Waals surface area contributed by atoms with E-state index in [0.717, 1.165) is 0 Å². The molecule has 114 valence electrons. The molecule has 0 amide bonds. The Morgan fingerprint density at radius 1 is 0.789 bits per heavy atom. The Morgan fingerprint density at radius 2 is 1.21 bits per heavy atom. The summed E-state index contributed by atoms with van der Waals surface area (Å²) in [6.45, 7) is 2.99. The molecule has 8 heteroatoms. The molecule has 0 heterocycles. The first-order valence-electron chi connectivity index (χ1n) is 5.95. The van der Waals surface area contributed by atoms with Gasteiger partial charge >= 0.3 is 5.97 Å². The summed E-state index contributed by atoms with van der Waals surface area (Å²) >= 11 is 0. The van der Waals surface area contributed by atoms with Crippen molar-refractivity contribution in [2.45, 2.75) is 0 Å². The van der Waals surface area contributed by atoms with Crippen molar-refractivity contribution in [3.8, 4) is 0 Å². The van der Waals surface area contributed by atoms with E-state index in [2.05, 4.69) is 9.78 Å². The Hall–Kier alpha value is -0.770. The molecule has 0 aliphatic heterocycles. The van der Waals surface area contributed by atoms with E-state index >= 15 is 0 Å². The van der Waals surface area contributed by atoms with E-state index in [1.807, 2.05) is 0 Å². The van der Waals surface area contributed by atoms with Crippen molar-refractivity contribution in [1.29, 1.82) is 0 Å². The number of carboxylic acids is 1. The van der Waals surface area contributed by atoms with Crippen molar-refractivity contribution >= 4 is 5.97 Å². The van der Waals surface area contributed by atoms with Gasteiger partial charge in [0.15, 0.2) is 0 Å². The Labute approximate surface area is 112 Å². The van der Waals surface area contributed by atoms with E-state index in [0.29, 0.717) is 46.2 Å². The quantitative estimate of drug-likeness (QED) is 0.249. The van der Waals surface area contributed by atoms with Crippen LogP contribution in [0.4, 0.5) is 0 Å². The van der Waals surface area contributed by atoms with Gasteiger partial charge in [-0.25, -0.2) is 14.6 Å². The fourth-order valence-corrected chi connectivity index (χ4v) is 0.995. The second kappa shape index (κ2) is 15.3. The maximum Gasteiger partial charge on any atom is 0.329 e. The summed E-state index contributed by atoms with van der Waals surface area (Å²) in [5.74, 6) is -0.987. The maximum atomic E-state index is 10.1. The first-order valence-corrected chi connectivity index (χ1v) is 5.95. The summed E-state index contributed by atoms with van der Waals surface area (Å²) in [5, 5.41) is 8.29. The molecule has 0 rings (SSSR count). The van der Waals surface area contributed by atoms with E-state index < -0.39 is 5.97 Å². The summed E-state index contributed by atoms with van der Waals surface area (Å²) in [7, 11) is 1.44. The number of carboxylic acid groups (broad SMARTS) is 1. The summed E-state index contributed by atoms with van der Waals surface area (Å²) in [6, 6.07) is 0. The van der Waals surface area contributed by atoms with Crippen molar-refractivity contribution < 1.29 is 38.6 Å². The topological polar surface area (TPSA) is 92.7 Å². The number of carbonyl (C=O) groups is 1. The van der Waals surface area contributed by atoms with Gasteiger partial charge in [0.1, 0.15) is 13.2 Å². The van der Waals surface area contributed by atoms with Crippen LogP contribution in [0.25, 0.3) is 0 Å². The molecule has 0 aromatic carbocycles. The van der Waals surface area contributed by atoms with Crippen molar-refractivity contribution in [2.75, 3.05) is 66.6 Å². The van der Waals surface area contributed by atoms with Crippen LogP contribution in [0.3, 0.4) is 0 Å². The van der Waals surface area contributed by atoms with Gasteiger partial charge in [-0.2, -0.15) is 0 Å². The molecule has 0 aromatic heterocycles. The van der Waals surface area contributed by atoms with Crippen LogP contribution in [-0.4, -0.2) is 77.6 Å². The highest BCUT2D eigenvalue weighted by molar-refractivity contribution is 5.67.